The first kappa shape index (κ1) is 21.2. The summed E-state index contributed by atoms with van der Waals surface area (Å²) < 4.78 is 54.0. The number of nitrogens with one attached hydrogen (secondary N) is 1. The van der Waals surface area contributed by atoms with Gasteiger partial charge in [-0.1, -0.05) is 17.7 Å². The molecule has 0 saturated carbocycles. The third-order valence-corrected chi connectivity index (χ3v) is 6.45. The molecule has 0 spiro atoms. The van der Waals surface area contributed by atoms with Crippen LogP contribution in [0.5, 0.6) is 0 Å². The standard InChI is InChI=1S/C19H17ClF2N2O4S/c1-19(18(26)23-29(27,28)15-4-2-3-13(20)11-15)7-8-24(19)17(25)10-12-9-14(21)5-6-16(12)22/h2-6,9,11H,7-8,10H2,1H3,(H,23,26). The quantitative estimate of drug-likeness (QED) is 0.771. The molecule has 154 valence electrons. The van der Waals surface area contributed by atoms with E-state index < -0.39 is 45.4 Å². The Bertz CT molecular complexity index is 1090. The molecule has 1 aliphatic rings. The van der Waals surface area contributed by atoms with E-state index >= 15 is 0 Å². The molecule has 29 heavy (non-hydrogen) atoms. The topological polar surface area (TPSA) is 83.6 Å². The number of sulfonamides is 1. The Hall–Kier alpha value is -2.52. The Labute approximate surface area is 171 Å². The van der Waals surface area contributed by atoms with Crippen LogP contribution in [0.15, 0.2) is 47.4 Å². The highest BCUT2D eigenvalue weighted by molar-refractivity contribution is 7.90. The Morgan fingerprint density at radius 2 is 1.93 bits per heavy atom. The van der Waals surface area contributed by atoms with Crippen molar-refractivity contribution in [1.29, 1.82) is 0 Å². The van der Waals surface area contributed by atoms with Crippen LogP contribution in [0, 0.1) is 11.6 Å². The van der Waals surface area contributed by atoms with E-state index in [0.717, 1.165) is 23.1 Å². The molecule has 0 bridgehead atoms. The van der Waals surface area contributed by atoms with E-state index in [4.69, 9.17) is 11.6 Å². The molecular formula is C19H17ClF2N2O4S. The normalized spacial score (nSPS) is 18.8. The summed E-state index contributed by atoms with van der Waals surface area (Å²) in [5, 5.41) is 0.184. The lowest BCUT2D eigenvalue weighted by Crippen LogP contribution is -2.68. The van der Waals surface area contributed by atoms with Gasteiger partial charge >= 0.3 is 0 Å². The van der Waals surface area contributed by atoms with Gasteiger partial charge in [-0.15, -0.1) is 0 Å². The summed E-state index contributed by atoms with van der Waals surface area (Å²) in [5.41, 5.74) is -1.57. The molecule has 1 N–H and O–H groups in total. The van der Waals surface area contributed by atoms with E-state index in [1.165, 1.54) is 31.2 Å². The highest BCUT2D eigenvalue weighted by atomic mass is 35.5. The summed E-state index contributed by atoms with van der Waals surface area (Å²) in [5.74, 6) is -2.93. The minimum absolute atomic E-state index is 0.142. The van der Waals surface area contributed by atoms with Crippen molar-refractivity contribution >= 4 is 33.4 Å². The number of benzene rings is 2. The van der Waals surface area contributed by atoms with Gasteiger partial charge in [-0.05, 0) is 49.7 Å². The number of halogens is 3. The number of nitrogens with zero attached hydrogens (tertiary/aromatic N) is 1. The predicted molar refractivity (Wildman–Crippen MR) is 102 cm³/mol. The lowest BCUT2D eigenvalue weighted by Gasteiger charge is -2.49. The third kappa shape index (κ3) is 4.25. The molecule has 1 unspecified atom stereocenters. The second-order valence-electron chi connectivity index (χ2n) is 6.87. The molecule has 1 fully saturated rings. The van der Waals surface area contributed by atoms with Crippen LogP contribution in [0.25, 0.3) is 0 Å². The monoisotopic (exact) mass is 442 g/mol. The van der Waals surface area contributed by atoms with Crippen molar-refractivity contribution in [3.05, 3.63) is 64.7 Å². The summed E-state index contributed by atoms with van der Waals surface area (Å²) in [6.07, 6.45) is -0.227. The van der Waals surface area contributed by atoms with Crippen molar-refractivity contribution in [2.45, 2.75) is 30.2 Å². The Morgan fingerprint density at radius 3 is 2.55 bits per heavy atom. The molecule has 0 radical (unpaired) electrons. The number of carbonyl (C=O) groups is 2. The van der Waals surface area contributed by atoms with E-state index in [0.29, 0.717) is 0 Å². The zero-order valence-electron chi connectivity index (χ0n) is 15.3. The van der Waals surface area contributed by atoms with Crippen molar-refractivity contribution < 1.29 is 26.8 Å². The molecule has 2 amide bonds. The van der Waals surface area contributed by atoms with Crippen LogP contribution in [0.3, 0.4) is 0 Å². The second kappa shape index (κ2) is 7.72. The maximum absolute atomic E-state index is 13.8. The molecule has 0 aromatic heterocycles. The van der Waals surface area contributed by atoms with Gasteiger partial charge in [0.15, 0.2) is 0 Å². The molecule has 6 nitrogen and oxygen atoms in total. The van der Waals surface area contributed by atoms with Crippen LogP contribution in [0.2, 0.25) is 5.02 Å². The first-order valence-corrected chi connectivity index (χ1v) is 10.5. The summed E-state index contributed by atoms with van der Waals surface area (Å²) >= 11 is 5.79. The van der Waals surface area contributed by atoms with Gasteiger partial charge in [-0.25, -0.2) is 21.9 Å². The Morgan fingerprint density at radius 1 is 1.21 bits per heavy atom. The van der Waals surface area contributed by atoms with Gasteiger partial charge in [0, 0.05) is 17.1 Å². The molecule has 0 aliphatic carbocycles. The fourth-order valence-corrected chi connectivity index (χ4v) is 4.43. The number of likely N-dealkylation sites (tertiary alicyclic amines) is 1. The number of amides is 2. The van der Waals surface area contributed by atoms with E-state index in [1.807, 2.05) is 4.72 Å². The average Bonchev–Trinajstić information content (AvgIpc) is 2.62. The molecule has 2 aromatic rings. The zero-order valence-corrected chi connectivity index (χ0v) is 16.9. The predicted octanol–water partition coefficient (Wildman–Crippen LogP) is 2.66. The van der Waals surface area contributed by atoms with Gasteiger partial charge < -0.3 is 4.90 Å². The molecule has 3 rings (SSSR count). The van der Waals surface area contributed by atoms with Gasteiger partial charge in [0.25, 0.3) is 15.9 Å². The average molecular weight is 443 g/mol. The molecule has 2 aromatic carbocycles. The van der Waals surface area contributed by atoms with Crippen molar-refractivity contribution in [3.63, 3.8) is 0 Å². The van der Waals surface area contributed by atoms with E-state index in [9.17, 15) is 26.8 Å². The summed E-state index contributed by atoms with van der Waals surface area (Å²) in [7, 11) is -4.19. The molecule has 1 aliphatic heterocycles. The van der Waals surface area contributed by atoms with Crippen LogP contribution in [-0.4, -0.2) is 37.2 Å². The Balaban J connectivity index is 1.75. The summed E-state index contributed by atoms with van der Waals surface area (Å²) in [4.78, 5) is 26.2. The zero-order chi connectivity index (χ0) is 21.4. The summed E-state index contributed by atoms with van der Waals surface area (Å²) in [6, 6.07) is 8.14. The smallest absolute Gasteiger partial charge is 0.264 e. The molecule has 1 heterocycles. The molecule has 1 saturated heterocycles. The van der Waals surface area contributed by atoms with E-state index in [1.54, 1.807) is 0 Å². The number of carbonyl (C=O) groups excluding carboxylic acids is 2. The van der Waals surface area contributed by atoms with Crippen molar-refractivity contribution in [3.8, 4) is 0 Å². The van der Waals surface area contributed by atoms with E-state index in [2.05, 4.69) is 0 Å². The van der Waals surface area contributed by atoms with Crippen molar-refractivity contribution in [2.24, 2.45) is 0 Å². The highest BCUT2D eigenvalue weighted by Gasteiger charge is 2.50. The van der Waals surface area contributed by atoms with Crippen LogP contribution in [0.1, 0.15) is 18.9 Å². The third-order valence-electron chi connectivity index (χ3n) is 4.89. The second-order valence-corrected chi connectivity index (χ2v) is 8.99. The summed E-state index contributed by atoms with van der Waals surface area (Å²) in [6.45, 7) is 1.61. The number of hydrogen-bond donors (Lipinski definition) is 1. The maximum Gasteiger partial charge on any atom is 0.264 e. The number of rotatable bonds is 5. The van der Waals surface area contributed by atoms with Crippen LogP contribution in [0.4, 0.5) is 8.78 Å². The maximum atomic E-state index is 13.8. The SMILES string of the molecule is CC1(C(=O)NS(=O)(=O)c2cccc(Cl)c2)CCN1C(=O)Cc1cc(F)ccc1F. The molecular weight excluding hydrogens is 426 g/mol. The Kier molecular flexibility index (Phi) is 5.64. The van der Waals surface area contributed by atoms with Crippen molar-refractivity contribution in [1.82, 2.24) is 9.62 Å². The van der Waals surface area contributed by atoms with Gasteiger partial charge in [-0.3, -0.25) is 9.59 Å². The lowest BCUT2D eigenvalue weighted by molar-refractivity contribution is -0.156. The van der Waals surface area contributed by atoms with Gasteiger partial charge in [0.05, 0.1) is 11.3 Å². The van der Waals surface area contributed by atoms with Gasteiger partial charge in [0.1, 0.15) is 17.2 Å². The minimum Gasteiger partial charge on any atom is -0.328 e. The van der Waals surface area contributed by atoms with Gasteiger partial charge in [0.2, 0.25) is 5.91 Å². The van der Waals surface area contributed by atoms with E-state index in [-0.39, 0.29) is 28.4 Å². The largest absolute Gasteiger partial charge is 0.328 e. The van der Waals surface area contributed by atoms with Crippen molar-refractivity contribution in [2.75, 3.05) is 6.54 Å². The fraction of sp³-hybridized carbons (Fsp3) is 0.263. The van der Waals surface area contributed by atoms with Crippen LogP contribution >= 0.6 is 11.6 Å². The molecule has 10 heteroatoms. The molecule has 1 atom stereocenters. The van der Waals surface area contributed by atoms with Crippen LogP contribution < -0.4 is 4.72 Å². The minimum atomic E-state index is -4.19. The highest BCUT2D eigenvalue weighted by Crippen LogP contribution is 2.32. The first-order valence-electron chi connectivity index (χ1n) is 8.60. The van der Waals surface area contributed by atoms with Gasteiger partial charge in [-0.2, -0.15) is 0 Å². The number of hydrogen-bond acceptors (Lipinski definition) is 4. The first-order chi connectivity index (χ1) is 13.5. The fourth-order valence-electron chi connectivity index (χ4n) is 3.06. The van der Waals surface area contributed by atoms with Crippen LogP contribution in [-0.2, 0) is 26.0 Å². The lowest BCUT2D eigenvalue weighted by atomic mass is 9.85.